The summed E-state index contributed by atoms with van der Waals surface area (Å²) in [6.07, 6.45) is -3.58. The molecule has 1 aromatic heterocycles. The molecular weight excluding hydrogens is 333 g/mol. The summed E-state index contributed by atoms with van der Waals surface area (Å²) in [6, 6.07) is 7.54. The molecule has 2 aromatic rings. The van der Waals surface area contributed by atoms with Crippen LogP contribution in [-0.4, -0.2) is 35.6 Å². The first-order valence-electron chi connectivity index (χ1n) is 6.59. The van der Waals surface area contributed by atoms with Crippen molar-refractivity contribution in [1.29, 1.82) is 0 Å². The molecule has 1 aromatic carbocycles. The van der Waals surface area contributed by atoms with Gasteiger partial charge < -0.3 is 0 Å². The number of rotatable bonds is 5. The predicted octanol–water partition coefficient (Wildman–Crippen LogP) is 2.12. The van der Waals surface area contributed by atoms with Gasteiger partial charge in [-0.25, -0.2) is 22.8 Å². The molecule has 6 nitrogen and oxygen atoms in total. The lowest BCUT2D eigenvalue weighted by molar-refractivity contribution is -0.143. The van der Waals surface area contributed by atoms with Crippen molar-refractivity contribution in [3.63, 3.8) is 0 Å². The molecule has 0 aliphatic heterocycles. The van der Waals surface area contributed by atoms with Crippen molar-refractivity contribution in [2.24, 2.45) is 0 Å². The number of hydrogen-bond acceptors (Lipinski definition) is 4. The molecule has 0 unspecified atom stereocenters. The first-order chi connectivity index (χ1) is 10.6. The van der Waals surface area contributed by atoms with Gasteiger partial charge in [0.05, 0.1) is 12.3 Å². The van der Waals surface area contributed by atoms with Crippen LogP contribution in [0.3, 0.4) is 0 Å². The lowest BCUT2D eigenvalue weighted by Crippen LogP contribution is -2.29. The predicted molar refractivity (Wildman–Crippen MR) is 77.9 cm³/mol. The van der Waals surface area contributed by atoms with Crippen LogP contribution in [0.25, 0.3) is 11.4 Å². The molecular formula is C13H15F3N4O2S. The Hall–Kier alpha value is -1.94. The Morgan fingerprint density at radius 3 is 2.39 bits per heavy atom. The second kappa shape index (κ2) is 6.28. The van der Waals surface area contributed by atoms with E-state index in [4.69, 9.17) is 0 Å². The largest absolute Gasteiger partial charge is 0.408 e. The fourth-order valence-electron chi connectivity index (χ4n) is 2.04. The summed E-state index contributed by atoms with van der Waals surface area (Å²) in [4.78, 5) is 4.07. The molecule has 0 saturated heterocycles. The van der Waals surface area contributed by atoms with Crippen LogP contribution in [-0.2, 0) is 16.6 Å². The molecule has 0 fully saturated rings. The Balaban J connectivity index is 2.44. The van der Waals surface area contributed by atoms with Crippen LogP contribution in [0.4, 0.5) is 13.2 Å². The third-order valence-corrected chi connectivity index (χ3v) is 3.62. The maximum Gasteiger partial charge on any atom is 0.408 e. The highest BCUT2D eigenvalue weighted by atomic mass is 32.2. The third kappa shape index (κ3) is 5.03. The Labute approximate surface area is 131 Å². The van der Waals surface area contributed by atoms with E-state index < -0.39 is 28.8 Å². The summed E-state index contributed by atoms with van der Waals surface area (Å²) in [5.74, 6) is -0.00129. The van der Waals surface area contributed by atoms with Gasteiger partial charge in [0.15, 0.2) is 5.82 Å². The Morgan fingerprint density at radius 2 is 1.87 bits per heavy atom. The highest BCUT2D eigenvalue weighted by Gasteiger charge is 2.32. The van der Waals surface area contributed by atoms with E-state index in [0.717, 1.165) is 6.26 Å². The number of sulfonamides is 1. The van der Waals surface area contributed by atoms with Gasteiger partial charge in [-0.3, -0.25) is 0 Å². The molecule has 0 amide bonds. The molecule has 1 heterocycles. The molecule has 126 valence electrons. The number of halogens is 3. The van der Waals surface area contributed by atoms with Crippen LogP contribution >= 0.6 is 0 Å². The van der Waals surface area contributed by atoms with Crippen molar-refractivity contribution < 1.29 is 21.6 Å². The van der Waals surface area contributed by atoms with Crippen molar-refractivity contribution in [2.45, 2.75) is 25.7 Å². The maximum atomic E-state index is 12.7. The number of benzene rings is 1. The van der Waals surface area contributed by atoms with E-state index in [1.54, 1.807) is 30.3 Å². The van der Waals surface area contributed by atoms with Gasteiger partial charge in [0.25, 0.3) is 0 Å². The first kappa shape index (κ1) is 17.4. The van der Waals surface area contributed by atoms with Crippen molar-refractivity contribution in [1.82, 2.24) is 19.5 Å². The summed E-state index contributed by atoms with van der Waals surface area (Å²) < 4.78 is 63.6. The molecule has 1 atom stereocenters. The van der Waals surface area contributed by atoms with Crippen LogP contribution in [0.2, 0.25) is 0 Å². The molecule has 0 aliphatic rings. The van der Waals surface area contributed by atoms with Gasteiger partial charge in [-0.15, -0.1) is 0 Å². The zero-order valence-corrected chi connectivity index (χ0v) is 13.2. The number of aromatic nitrogens is 3. The lowest BCUT2D eigenvalue weighted by Gasteiger charge is -2.14. The van der Waals surface area contributed by atoms with Gasteiger partial charge in [-0.05, 0) is 6.92 Å². The minimum atomic E-state index is -4.50. The van der Waals surface area contributed by atoms with Crippen LogP contribution in [0, 0.1) is 0 Å². The SMILES string of the molecule is C[C@@H](NS(C)(=O)=O)c1nc(-c2ccccc2)nn1CC(F)(F)F. The minimum absolute atomic E-state index is 0.104. The Kier molecular flexibility index (Phi) is 4.76. The molecule has 1 N–H and O–H groups in total. The summed E-state index contributed by atoms with van der Waals surface area (Å²) in [7, 11) is -3.60. The minimum Gasteiger partial charge on any atom is -0.239 e. The van der Waals surface area contributed by atoms with E-state index >= 15 is 0 Å². The number of hydrogen-bond donors (Lipinski definition) is 1. The zero-order chi connectivity index (χ0) is 17.3. The quantitative estimate of drug-likeness (QED) is 0.898. The van der Waals surface area contributed by atoms with Crippen LogP contribution in [0.1, 0.15) is 18.8 Å². The van der Waals surface area contributed by atoms with Gasteiger partial charge in [-0.1, -0.05) is 30.3 Å². The van der Waals surface area contributed by atoms with Crippen LogP contribution < -0.4 is 4.72 Å². The molecule has 0 saturated carbocycles. The van der Waals surface area contributed by atoms with Crippen molar-refractivity contribution in [3.8, 4) is 11.4 Å². The number of alkyl halides is 3. The summed E-state index contributed by atoms with van der Waals surface area (Å²) in [6.45, 7) is 0.0602. The van der Waals surface area contributed by atoms with E-state index in [9.17, 15) is 21.6 Å². The second-order valence-electron chi connectivity index (χ2n) is 5.04. The Morgan fingerprint density at radius 1 is 1.26 bits per heavy atom. The second-order valence-corrected chi connectivity index (χ2v) is 6.82. The smallest absolute Gasteiger partial charge is 0.239 e. The standard InChI is InChI=1S/C13H15F3N4O2S/c1-9(19-23(2,21)22)12-17-11(10-6-4-3-5-7-10)18-20(12)8-13(14,15)16/h3-7,9,19H,8H2,1-2H3/t9-/m1/s1. The third-order valence-electron chi connectivity index (χ3n) is 2.84. The molecule has 0 radical (unpaired) electrons. The zero-order valence-electron chi connectivity index (χ0n) is 12.4. The van der Waals surface area contributed by atoms with Crippen LogP contribution in [0.5, 0.6) is 0 Å². The molecule has 10 heteroatoms. The molecule has 0 aliphatic carbocycles. The van der Waals surface area contributed by atoms with Gasteiger partial charge >= 0.3 is 6.18 Å². The normalized spacial score (nSPS) is 14.0. The van der Waals surface area contributed by atoms with Gasteiger partial charge in [-0.2, -0.15) is 18.3 Å². The number of nitrogens with zero attached hydrogens (tertiary/aromatic N) is 3. The summed E-state index contributed by atoms with van der Waals surface area (Å²) in [5.41, 5.74) is 0.543. The fourth-order valence-corrected chi connectivity index (χ4v) is 2.79. The van der Waals surface area contributed by atoms with Crippen molar-refractivity contribution >= 4 is 10.0 Å². The molecule has 0 spiro atoms. The fraction of sp³-hybridized carbons (Fsp3) is 0.385. The van der Waals surface area contributed by atoms with Gasteiger partial charge in [0, 0.05) is 5.56 Å². The molecule has 2 rings (SSSR count). The van der Waals surface area contributed by atoms with Crippen LogP contribution in [0.15, 0.2) is 30.3 Å². The topological polar surface area (TPSA) is 76.9 Å². The number of nitrogens with one attached hydrogen (secondary N) is 1. The monoisotopic (exact) mass is 348 g/mol. The van der Waals surface area contributed by atoms with Crippen molar-refractivity contribution in [3.05, 3.63) is 36.2 Å². The van der Waals surface area contributed by atoms with E-state index in [0.29, 0.717) is 10.2 Å². The lowest BCUT2D eigenvalue weighted by atomic mass is 10.2. The van der Waals surface area contributed by atoms with E-state index in [2.05, 4.69) is 14.8 Å². The summed E-state index contributed by atoms with van der Waals surface area (Å²) >= 11 is 0. The molecule has 0 bridgehead atoms. The first-order valence-corrected chi connectivity index (χ1v) is 8.48. The summed E-state index contributed by atoms with van der Waals surface area (Å²) in [5, 5.41) is 3.87. The van der Waals surface area contributed by atoms with E-state index in [1.807, 2.05) is 0 Å². The highest BCUT2D eigenvalue weighted by molar-refractivity contribution is 7.88. The average Bonchev–Trinajstić information content (AvgIpc) is 2.79. The van der Waals surface area contributed by atoms with E-state index in [-0.39, 0.29) is 11.6 Å². The highest BCUT2D eigenvalue weighted by Crippen LogP contribution is 2.23. The Bertz CT molecular complexity index is 772. The van der Waals surface area contributed by atoms with Crippen molar-refractivity contribution in [2.75, 3.05) is 6.26 Å². The van der Waals surface area contributed by atoms with Gasteiger partial charge in [0.1, 0.15) is 12.4 Å². The maximum absolute atomic E-state index is 12.7. The average molecular weight is 348 g/mol. The van der Waals surface area contributed by atoms with Gasteiger partial charge in [0.2, 0.25) is 10.0 Å². The molecule has 23 heavy (non-hydrogen) atoms. The van der Waals surface area contributed by atoms with E-state index in [1.165, 1.54) is 6.92 Å².